The lowest BCUT2D eigenvalue weighted by molar-refractivity contribution is 0.0176. The maximum Gasteiger partial charge on any atom is 0.256 e. The number of anilines is 1. The van der Waals surface area contributed by atoms with Crippen LogP contribution in [0.25, 0.3) is 6.08 Å². The topological polar surface area (TPSA) is 45.2 Å². The molecule has 1 saturated heterocycles. The number of hydrogen-bond acceptors (Lipinski definition) is 3. The molecule has 0 unspecified atom stereocenters. The van der Waals surface area contributed by atoms with Crippen LogP contribution in [0.2, 0.25) is 5.02 Å². The van der Waals surface area contributed by atoms with Crippen molar-refractivity contribution in [3.63, 3.8) is 0 Å². The zero-order valence-electron chi connectivity index (χ0n) is 13.0. The summed E-state index contributed by atoms with van der Waals surface area (Å²) in [6.45, 7) is 0.786. The number of pyridine rings is 1. The Bertz CT molecular complexity index is 754. The van der Waals surface area contributed by atoms with Crippen LogP contribution < -0.4 is 5.32 Å². The fourth-order valence-electron chi connectivity index (χ4n) is 2.55. The van der Waals surface area contributed by atoms with Crippen LogP contribution in [0.1, 0.15) is 28.9 Å². The molecular formula is C18H17ClFN3O. The van der Waals surface area contributed by atoms with Gasteiger partial charge in [0.05, 0.1) is 5.69 Å². The van der Waals surface area contributed by atoms with Gasteiger partial charge in [0.2, 0.25) is 0 Å². The maximum atomic E-state index is 13.1. The van der Waals surface area contributed by atoms with Crippen molar-refractivity contribution in [2.45, 2.75) is 12.8 Å². The molecule has 0 saturated carbocycles. The van der Waals surface area contributed by atoms with E-state index in [0.717, 1.165) is 10.7 Å². The monoisotopic (exact) mass is 345 g/mol. The number of benzene rings is 1. The second-order valence-corrected chi connectivity index (χ2v) is 6.06. The van der Waals surface area contributed by atoms with Crippen molar-refractivity contribution < 1.29 is 9.28 Å². The third-order valence-corrected chi connectivity index (χ3v) is 4.01. The third kappa shape index (κ3) is 4.40. The van der Waals surface area contributed by atoms with Gasteiger partial charge in [0.25, 0.3) is 5.91 Å². The van der Waals surface area contributed by atoms with Crippen molar-refractivity contribution in [1.29, 1.82) is 0 Å². The van der Waals surface area contributed by atoms with Crippen molar-refractivity contribution in [2.24, 2.45) is 0 Å². The number of nitrogens with one attached hydrogen (secondary N) is 1. The van der Waals surface area contributed by atoms with E-state index < -0.39 is 0 Å². The minimum atomic E-state index is -0.241. The number of nitrogens with zero attached hydrogens (tertiary/aromatic N) is 2. The maximum absolute atomic E-state index is 13.1. The number of amides is 1. The molecule has 0 spiro atoms. The van der Waals surface area contributed by atoms with E-state index in [2.05, 4.69) is 10.3 Å². The molecule has 0 radical (unpaired) electrons. The first-order valence-electron chi connectivity index (χ1n) is 7.74. The molecule has 0 bridgehead atoms. The van der Waals surface area contributed by atoms with Gasteiger partial charge in [-0.3, -0.25) is 4.79 Å². The van der Waals surface area contributed by atoms with E-state index in [-0.39, 0.29) is 5.91 Å². The van der Waals surface area contributed by atoms with Crippen molar-refractivity contribution >= 4 is 29.4 Å². The van der Waals surface area contributed by atoms with Gasteiger partial charge in [-0.05, 0) is 43.2 Å². The normalized spacial score (nSPS) is 15.2. The first-order chi connectivity index (χ1) is 11.6. The molecule has 2 heterocycles. The van der Waals surface area contributed by atoms with Crippen molar-refractivity contribution in [1.82, 2.24) is 10.1 Å². The van der Waals surface area contributed by atoms with Gasteiger partial charge in [-0.1, -0.05) is 35.4 Å². The molecule has 6 heteroatoms. The summed E-state index contributed by atoms with van der Waals surface area (Å²) in [6, 6.07) is 12.2. The molecule has 1 amide bonds. The zero-order valence-corrected chi connectivity index (χ0v) is 13.8. The van der Waals surface area contributed by atoms with Gasteiger partial charge in [-0.25, -0.2) is 4.98 Å². The van der Waals surface area contributed by atoms with E-state index in [4.69, 9.17) is 11.6 Å². The molecule has 4 nitrogen and oxygen atoms in total. The Morgan fingerprint density at radius 3 is 2.62 bits per heavy atom. The van der Waals surface area contributed by atoms with Crippen LogP contribution in [-0.4, -0.2) is 29.1 Å². The molecule has 24 heavy (non-hydrogen) atoms. The summed E-state index contributed by atoms with van der Waals surface area (Å²) < 4.78 is 13.1. The van der Waals surface area contributed by atoms with Crippen LogP contribution in [-0.2, 0) is 0 Å². The minimum absolute atomic E-state index is 0.241. The quantitative estimate of drug-likeness (QED) is 0.841. The highest BCUT2D eigenvalue weighted by molar-refractivity contribution is 6.31. The molecule has 1 aromatic carbocycles. The second-order valence-electron chi connectivity index (χ2n) is 5.63. The third-order valence-electron chi connectivity index (χ3n) is 3.79. The lowest BCUT2D eigenvalue weighted by atomic mass is 10.0. The Labute approximate surface area is 144 Å². The highest BCUT2D eigenvalue weighted by Gasteiger charge is 2.13. The van der Waals surface area contributed by atoms with Crippen LogP contribution in [0.4, 0.5) is 10.3 Å². The van der Waals surface area contributed by atoms with Crippen LogP contribution in [0.3, 0.4) is 0 Å². The van der Waals surface area contributed by atoms with Crippen LogP contribution in [0, 0.1) is 0 Å². The molecule has 124 valence electrons. The van der Waals surface area contributed by atoms with Crippen molar-refractivity contribution in [3.8, 4) is 0 Å². The molecule has 3 rings (SSSR count). The average molecular weight is 346 g/mol. The summed E-state index contributed by atoms with van der Waals surface area (Å²) >= 11 is 6.13. The Morgan fingerprint density at radius 2 is 1.92 bits per heavy atom. The molecule has 0 atom stereocenters. The highest BCUT2D eigenvalue weighted by atomic mass is 35.5. The van der Waals surface area contributed by atoms with Gasteiger partial charge < -0.3 is 5.32 Å². The minimum Gasteiger partial charge on any atom is -0.307 e. The molecule has 1 fully saturated rings. The number of aromatic nitrogens is 1. The number of rotatable bonds is 3. The summed E-state index contributed by atoms with van der Waals surface area (Å²) in [5.74, 6) is 0.154. The van der Waals surface area contributed by atoms with Gasteiger partial charge >= 0.3 is 0 Å². The smallest absolute Gasteiger partial charge is 0.256 e. The summed E-state index contributed by atoms with van der Waals surface area (Å²) in [5, 5.41) is 4.05. The van der Waals surface area contributed by atoms with E-state index in [9.17, 15) is 9.28 Å². The SMILES string of the molecule is O=C(Nc1cc(Cl)cc(C=C2CCN(F)CC2)n1)c1ccccc1. The van der Waals surface area contributed by atoms with Gasteiger partial charge in [0, 0.05) is 23.7 Å². The summed E-state index contributed by atoms with van der Waals surface area (Å²) in [5.41, 5.74) is 2.33. The fourth-order valence-corrected chi connectivity index (χ4v) is 2.77. The summed E-state index contributed by atoms with van der Waals surface area (Å²) in [4.78, 5) is 16.6. The molecule has 1 aliphatic heterocycles. The van der Waals surface area contributed by atoms with E-state index in [1.165, 1.54) is 0 Å². The number of piperidine rings is 1. The van der Waals surface area contributed by atoms with Crippen LogP contribution in [0.5, 0.6) is 0 Å². The Hall–Kier alpha value is -2.24. The molecule has 1 N–H and O–H groups in total. The zero-order chi connectivity index (χ0) is 16.9. The Morgan fingerprint density at radius 1 is 1.21 bits per heavy atom. The van der Waals surface area contributed by atoms with Crippen molar-refractivity contribution in [2.75, 3.05) is 18.4 Å². The Kier molecular flexibility index (Phi) is 5.23. The summed E-state index contributed by atoms with van der Waals surface area (Å²) in [7, 11) is 0. The van der Waals surface area contributed by atoms with Gasteiger partial charge in [0.15, 0.2) is 0 Å². The van der Waals surface area contributed by atoms with E-state index in [1.54, 1.807) is 36.4 Å². The summed E-state index contributed by atoms with van der Waals surface area (Å²) in [6.07, 6.45) is 3.24. The standard InChI is InChI=1S/C18H17ClFN3O/c19-15-11-16(10-13-6-8-23(20)9-7-13)21-17(12-15)22-18(24)14-4-2-1-3-5-14/h1-5,10-12H,6-9H2,(H,21,22,24). The van der Waals surface area contributed by atoms with Gasteiger partial charge in [-0.15, -0.1) is 9.60 Å². The lowest BCUT2D eigenvalue weighted by Gasteiger charge is -2.19. The van der Waals surface area contributed by atoms with E-state index >= 15 is 0 Å². The molecule has 1 aliphatic rings. The van der Waals surface area contributed by atoms with Crippen LogP contribution >= 0.6 is 11.6 Å². The highest BCUT2D eigenvalue weighted by Crippen LogP contribution is 2.22. The molecular weight excluding hydrogens is 329 g/mol. The van der Waals surface area contributed by atoms with Gasteiger partial charge in [0.1, 0.15) is 5.82 Å². The predicted molar refractivity (Wildman–Crippen MR) is 93.5 cm³/mol. The molecule has 0 aliphatic carbocycles. The Balaban J connectivity index is 1.77. The number of carbonyl (C=O) groups is 1. The van der Waals surface area contributed by atoms with E-state index in [0.29, 0.717) is 48.0 Å². The largest absolute Gasteiger partial charge is 0.307 e. The first kappa shape index (κ1) is 16.6. The molecule has 2 aromatic rings. The number of carbonyl (C=O) groups excluding carboxylic acids is 1. The second kappa shape index (κ2) is 7.55. The van der Waals surface area contributed by atoms with Gasteiger partial charge in [-0.2, -0.15) is 0 Å². The number of hydrogen-bond donors (Lipinski definition) is 1. The number of halogens is 2. The average Bonchev–Trinajstić information content (AvgIpc) is 2.57. The van der Waals surface area contributed by atoms with E-state index in [1.807, 2.05) is 12.1 Å². The van der Waals surface area contributed by atoms with Crippen molar-refractivity contribution in [3.05, 3.63) is 64.3 Å². The lowest BCUT2D eigenvalue weighted by Crippen LogP contribution is -2.22. The fraction of sp³-hybridized carbons (Fsp3) is 0.222. The predicted octanol–water partition coefficient (Wildman–Crippen LogP) is 4.35. The molecule has 1 aromatic heterocycles. The van der Waals surface area contributed by atoms with Crippen LogP contribution in [0.15, 0.2) is 48.0 Å². The first-order valence-corrected chi connectivity index (χ1v) is 8.12.